The first-order chi connectivity index (χ1) is 12.4. The number of hydrogen-bond acceptors (Lipinski definition) is 6. The Balaban J connectivity index is 1.59. The Morgan fingerprint density at radius 2 is 1.85 bits per heavy atom. The van der Waals surface area contributed by atoms with Crippen molar-refractivity contribution in [2.24, 2.45) is 0 Å². The molecule has 0 radical (unpaired) electrons. The van der Waals surface area contributed by atoms with Crippen molar-refractivity contribution < 1.29 is 29.0 Å². The fourth-order valence-electron chi connectivity index (χ4n) is 3.14. The van der Waals surface area contributed by atoms with E-state index in [1.165, 1.54) is 6.92 Å². The zero-order valence-corrected chi connectivity index (χ0v) is 14.4. The standard InChI is InChI=1S/C17H21N3O6/c1-10(21)12-6-14-15(26-9-25-14)7-13(12)19-16(22)8-20-4-2-11(3-5-20)18-17(23)24/h6-7,11,18H,2-5,8-9H2,1H3,(H,19,22)(H,23,24). The fraction of sp³-hybridized carbons (Fsp3) is 0.471. The maximum atomic E-state index is 12.4. The minimum absolute atomic E-state index is 0.0787. The molecule has 9 heteroatoms. The van der Waals surface area contributed by atoms with Crippen LogP contribution in [0.3, 0.4) is 0 Å². The summed E-state index contributed by atoms with van der Waals surface area (Å²) in [5, 5.41) is 14.0. The minimum atomic E-state index is -1.03. The highest BCUT2D eigenvalue weighted by Crippen LogP contribution is 2.37. The monoisotopic (exact) mass is 363 g/mol. The van der Waals surface area contributed by atoms with Gasteiger partial charge in [0.1, 0.15) is 0 Å². The molecule has 3 N–H and O–H groups in total. The van der Waals surface area contributed by atoms with E-state index in [-0.39, 0.29) is 31.1 Å². The van der Waals surface area contributed by atoms with Crippen molar-refractivity contribution in [3.05, 3.63) is 17.7 Å². The van der Waals surface area contributed by atoms with Crippen molar-refractivity contribution in [3.8, 4) is 11.5 Å². The average Bonchev–Trinajstić information content (AvgIpc) is 3.02. The number of fused-ring (bicyclic) bond motifs is 1. The number of ketones is 1. The minimum Gasteiger partial charge on any atom is -0.465 e. The number of nitrogens with zero attached hydrogens (tertiary/aromatic N) is 1. The van der Waals surface area contributed by atoms with Crippen molar-refractivity contribution in [1.29, 1.82) is 0 Å². The maximum Gasteiger partial charge on any atom is 0.404 e. The van der Waals surface area contributed by atoms with E-state index in [1.54, 1.807) is 12.1 Å². The summed E-state index contributed by atoms with van der Waals surface area (Å²) in [6.45, 7) is 2.93. The van der Waals surface area contributed by atoms with Crippen LogP contribution < -0.4 is 20.1 Å². The van der Waals surface area contributed by atoms with Gasteiger partial charge in [0.2, 0.25) is 12.7 Å². The van der Waals surface area contributed by atoms with Crippen LogP contribution in [-0.4, -0.2) is 60.3 Å². The van der Waals surface area contributed by atoms with Gasteiger partial charge in [-0.25, -0.2) is 4.79 Å². The van der Waals surface area contributed by atoms with Crippen LogP contribution in [0.25, 0.3) is 0 Å². The largest absolute Gasteiger partial charge is 0.465 e. The summed E-state index contributed by atoms with van der Waals surface area (Å²) >= 11 is 0. The molecular weight excluding hydrogens is 342 g/mol. The molecule has 140 valence electrons. The van der Waals surface area contributed by atoms with E-state index in [0.29, 0.717) is 48.7 Å². The zero-order valence-electron chi connectivity index (χ0n) is 14.4. The van der Waals surface area contributed by atoms with Gasteiger partial charge in [-0.05, 0) is 25.8 Å². The number of hydrogen-bond donors (Lipinski definition) is 3. The Morgan fingerprint density at radius 1 is 1.19 bits per heavy atom. The Kier molecular flexibility index (Phi) is 5.27. The van der Waals surface area contributed by atoms with Crippen LogP contribution >= 0.6 is 0 Å². The molecule has 0 bridgehead atoms. The van der Waals surface area contributed by atoms with Crippen LogP contribution in [0.1, 0.15) is 30.1 Å². The van der Waals surface area contributed by atoms with Crippen molar-refractivity contribution in [1.82, 2.24) is 10.2 Å². The summed E-state index contributed by atoms with van der Waals surface area (Å²) in [5.74, 6) is 0.558. The molecule has 1 fully saturated rings. The normalized spacial score (nSPS) is 17.0. The van der Waals surface area contributed by atoms with Crippen LogP contribution in [0.5, 0.6) is 11.5 Å². The number of carbonyl (C=O) groups is 3. The van der Waals surface area contributed by atoms with Gasteiger partial charge in [-0.1, -0.05) is 0 Å². The lowest BCUT2D eigenvalue weighted by Gasteiger charge is -2.31. The van der Waals surface area contributed by atoms with Gasteiger partial charge in [-0.15, -0.1) is 0 Å². The smallest absolute Gasteiger partial charge is 0.404 e. The molecule has 2 aliphatic rings. The second-order valence-corrected chi connectivity index (χ2v) is 6.36. The van der Waals surface area contributed by atoms with E-state index in [4.69, 9.17) is 14.6 Å². The van der Waals surface area contributed by atoms with Gasteiger partial charge in [0.25, 0.3) is 0 Å². The first-order valence-electron chi connectivity index (χ1n) is 8.38. The molecule has 0 saturated carbocycles. The van der Waals surface area contributed by atoms with Gasteiger partial charge >= 0.3 is 6.09 Å². The lowest BCUT2D eigenvalue weighted by molar-refractivity contribution is -0.117. The van der Waals surface area contributed by atoms with Gasteiger partial charge < -0.3 is 25.2 Å². The Labute approximate surface area is 150 Å². The number of amides is 2. The fourth-order valence-corrected chi connectivity index (χ4v) is 3.14. The summed E-state index contributed by atoms with van der Waals surface area (Å²) in [5.41, 5.74) is 0.765. The summed E-state index contributed by atoms with van der Waals surface area (Å²) in [4.78, 5) is 36.8. The first-order valence-corrected chi connectivity index (χ1v) is 8.38. The van der Waals surface area contributed by atoms with Crippen molar-refractivity contribution >= 4 is 23.5 Å². The summed E-state index contributed by atoms with van der Waals surface area (Å²) in [6.07, 6.45) is 0.283. The summed E-state index contributed by atoms with van der Waals surface area (Å²) in [7, 11) is 0. The van der Waals surface area contributed by atoms with Crippen LogP contribution in [0.15, 0.2) is 12.1 Å². The molecule has 0 atom stereocenters. The highest BCUT2D eigenvalue weighted by atomic mass is 16.7. The molecule has 0 aliphatic carbocycles. The van der Waals surface area contributed by atoms with Gasteiger partial charge in [0.05, 0.1) is 12.2 Å². The Bertz CT molecular complexity index is 727. The number of ether oxygens (including phenoxy) is 2. The molecule has 3 rings (SSSR count). The number of benzene rings is 1. The number of carbonyl (C=O) groups excluding carboxylic acids is 2. The quantitative estimate of drug-likeness (QED) is 0.675. The summed E-state index contributed by atoms with van der Waals surface area (Å²) in [6, 6.07) is 3.09. The third-order valence-electron chi connectivity index (χ3n) is 4.45. The lowest BCUT2D eigenvalue weighted by atomic mass is 10.1. The molecule has 26 heavy (non-hydrogen) atoms. The average molecular weight is 363 g/mol. The molecule has 1 saturated heterocycles. The van der Waals surface area contributed by atoms with Gasteiger partial charge in [-0.3, -0.25) is 14.5 Å². The molecular formula is C17H21N3O6. The van der Waals surface area contributed by atoms with Gasteiger partial charge in [0.15, 0.2) is 17.3 Å². The Hall–Kier alpha value is -2.81. The first kappa shape index (κ1) is 18.0. The van der Waals surface area contributed by atoms with Crippen LogP contribution in [0, 0.1) is 0 Å². The van der Waals surface area contributed by atoms with Gasteiger partial charge in [0, 0.05) is 30.8 Å². The van der Waals surface area contributed by atoms with Crippen LogP contribution in [0.2, 0.25) is 0 Å². The topological polar surface area (TPSA) is 117 Å². The molecule has 1 aromatic rings. The number of piperidine rings is 1. The van der Waals surface area contributed by atoms with E-state index in [0.717, 1.165) is 0 Å². The third-order valence-corrected chi connectivity index (χ3v) is 4.45. The molecule has 2 heterocycles. The van der Waals surface area contributed by atoms with E-state index >= 15 is 0 Å². The predicted molar refractivity (Wildman–Crippen MR) is 91.8 cm³/mol. The number of likely N-dealkylation sites (tertiary alicyclic amines) is 1. The number of carboxylic acid groups (broad SMARTS) is 1. The second kappa shape index (κ2) is 7.61. The molecule has 2 aliphatic heterocycles. The van der Waals surface area contributed by atoms with E-state index in [2.05, 4.69) is 10.6 Å². The molecule has 1 aromatic carbocycles. The van der Waals surface area contributed by atoms with E-state index in [9.17, 15) is 14.4 Å². The number of rotatable bonds is 5. The predicted octanol–water partition coefficient (Wildman–Crippen LogP) is 1.29. The molecule has 0 aromatic heterocycles. The van der Waals surface area contributed by atoms with Crippen molar-refractivity contribution in [3.63, 3.8) is 0 Å². The van der Waals surface area contributed by atoms with E-state index < -0.39 is 6.09 Å². The molecule has 2 amide bonds. The van der Waals surface area contributed by atoms with E-state index in [1.807, 2.05) is 4.90 Å². The third kappa shape index (κ3) is 4.23. The maximum absolute atomic E-state index is 12.4. The molecule has 0 spiro atoms. The SMILES string of the molecule is CC(=O)c1cc2c(cc1NC(=O)CN1CCC(NC(=O)O)CC1)OCO2. The van der Waals surface area contributed by atoms with Crippen LogP contribution in [0.4, 0.5) is 10.5 Å². The highest BCUT2D eigenvalue weighted by molar-refractivity contribution is 6.05. The van der Waals surface area contributed by atoms with Crippen molar-refractivity contribution in [2.75, 3.05) is 31.7 Å². The van der Waals surface area contributed by atoms with Crippen molar-refractivity contribution in [2.45, 2.75) is 25.8 Å². The second-order valence-electron chi connectivity index (χ2n) is 6.36. The number of Topliss-reactive ketones (excluding diaryl/α,β-unsaturated/α-hetero) is 1. The summed E-state index contributed by atoms with van der Waals surface area (Å²) < 4.78 is 10.6. The number of anilines is 1. The highest BCUT2D eigenvalue weighted by Gasteiger charge is 2.24. The molecule has 0 unspecified atom stereocenters. The molecule has 9 nitrogen and oxygen atoms in total. The zero-order chi connectivity index (χ0) is 18.7. The van der Waals surface area contributed by atoms with Gasteiger partial charge in [-0.2, -0.15) is 0 Å². The van der Waals surface area contributed by atoms with Crippen LogP contribution in [-0.2, 0) is 4.79 Å². The number of nitrogens with one attached hydrogen (secondary N) is 2. The lowest BCUT2D eigenvalue weighted by Crippen LogP contribution is -2.46. The Morgan fingerprint density at radius 3 is 2.46 bits per heavy atom.